The van der Waals surface area contributed by atoms with Gasteiger partial charge in [0.2, 0.25) is 5.91 Å². The van der Waals surface area contributed by atoms with Crippen LogP contribution in [0.4, 0.5) is 0 Å². The van der Waals surface area contributed by atoms with Crippen LogP contribution in [0.15, 0.2) is 0 Å². The Morgan fingerprint density at radius 3 is 2.50 bits per heavy atom. The van der Waals surface area contributed by atoms with Crippen LogP contribution in [0.2, 0.25) is 0 Å². The van der Waals surface area contributed by atoms with Gasteiger partial charge in [0.15, 0.2) is 0 Å². The summed E-state index contributed by atoms with van der Waals surface area (Å²) < 4.78 is 0. The first-order chi connectivity index (χ1) is 8.59. The Kier molecular flexibility index (Phi) is 4.22. The lowest BCUT2D eigenvalue weighted by Crippen LogP contribution is -2.42. The molecule has 1 heterocycles. The molecule has 1 aliphatic carbocycles. The molecular formula is C13H21NO4. The van der Waals surface area contributed by atoms with Crippen molar-refractivity contribution in [1.29, 1.82) is 0 Å². The Labute approximate surface area is 107 Å². The molecule has 0 spiro atoms. The smallest absolute Gasteiger partial charge is 0.326 e. The van der Waals surface area contributed by atoms with Crippen molar-refractivity contribution in [3.8, 4) is 0 Å². The predicted octanol–water partition coefficient (Wildman–Crippen LogP) is 1.00. The molecule has 102 valence electrons. The number of likely N-dealkylation sites (tertiary alicyclic amines) is 1. The fourth-order valence-electron chi connectivity index (χ4n) is 3.09. The van der Waals surface area contributed by atoms with Crippen LogP contribution in [0.3, 0.4) is 0 Å². The van der Waals surface area contributed by atoms with Crippen LogP contribution in [-0.4, -0.2) is 45.7 Å². The third kappa shape index (κ3) is 2.83. The van der Waals surface area contributed by atoms with Crippen molar-refractivity contribution in [1.82, 2.24) is 4.90 Å². The van der Waals surface area contributed by atoms with E-state index < -0.39 is 18.1 Å². The number of rotatable bonds is 3. The van der Waals surface area contributed by atoms with E-state index in [1.165, 1.54) is 4.90 Å². The number of carboxylic acids is 1. The fraction of sp³-hybridized carbons (Fsp3) is 0.846. The predicted molar refractivity (Wildman–Crippen MR) is 65.0 cm³/mol. The van der Waals surface area contributed by atoms with Gasteiger partial charge in [-0.25, -0.2) is 4.79 Å². The van der Waals surface area contributed by atoms with Crippen LogP contribution in [0.25, 0.3) is 0 Å². The van der Waals surface area contributed by atoms with Crippen LogP contribution < -0.4 is 0 Å². The second-order valence-electron chi connectivity index (χ2n) is 5.40. The summed E-state index contributed by atoms with van der Waals surface area (Å²) in [5.41, 5.74) is 0. The minimum absolute atomic E-state index is 0.0151. The molecule has 0 bridgehead atoms. The van der Waals surface area contributed by atoms with Crippen molar-refractivity contribution >= 4 is 11.9 Å². The first kappa shape index (κ1) is 13.3. The monoisotopic (exact) mass is 255 g/mol. The fourth-order valence-corrected chi connectivity index (χ4v) is 3.09. The summed E-state index contributed by atoms with van der Waals surface area (Å²) >= 11 is 0. The molecule has 2 N–H and O–H groups in total. The topological polar surface area (TPSA) is 77.8 Å². The molecule has 5 nitrogen and oxygen atoms in total. The number of nitrogens with zero attached hydrogens (tertiary/aromatic N) is 1. The van der Waals surface area contributed by atoms with Crippen molar-refractivity contribution in [2.45, 2.75) is 57.1 Å². The minimum Gasteiger partial charge on any atom is -0.480 e. The van der Waals surface area contributed by atoms with Gasteiger partial charge >= 0.3 is 5.97 Å². The number of aliphatic carboxylic acids is 1. The molecule has 0 unspecified atom stereocenters. The third-order valence-corrected chi connectivity index (χ3v) is 4.16. The summed E-state index contributed by atoms with van der Waals surface area (Å²) in [7, 11) is 0. The highest BCUT2D eigenvalue weighted by atomic mass is 16.4. The number of aliphatic hydroxyl groups is 1. The SMILES string of the molecule is O=C(O)[C@@H]1CCCN1C(=O)C[C@@H]1CCCC[C@H]1O. The van der Waals surface area contributed by atoms with Gasteiger partial charge in [0.1, 0.15) is 6.04 Å². The molecule has 1 aliphatic heterocycles. The van der Waals surface area contributed by atoms with Crippen LogP contribution in [-0.2, 0) is 9.59 Å². The van der Waals surface area contributed by atoms with E-state index in [-0.39, 0.29) is 11.8 Å². The molecule has 1 saturated carbocycles. The molecule has 0 aromatic rings. The number of carboxylic acid groups (broad SMARTS) is 1. The maximum Gasteiger partial charge on any atom is 0.326 e. The summed E-state index contributed by atoms with van der Waals surface area (Å²) in [5, 5.41) is 18.9. The van der Waals surface area contributed by atoms with Crippen molar-refractivity contribution in [3.05, 3.63) is 0 Å². The summed E-state index contributed by atoms with van der Waals surface area (Å²) in [6.45, 7) is 0.540. The highest BCUT2D eigenvalue weighted by Gasteiger charge is 2.35. The Morgan fingerprint density at radius 2 is 1.83 bits per heavy atom. The van der Waals surface area contributed by atoms with Gasteiger partial charge < -0.3 is 15.1 Å². The van der Waals surface area contributed by atoms with Crippen LogP contribution in [0.1, 0.15) is 44.9 Å². The van der Waals surface area contributed by atoms with E-state index >= 15 is 0 Å². The number of hydrogen-bond donors (Lipinski definition) is 2. The Bertz CT molecular complexity index is 331. The highest BCUT2D eigenvalue weighted by molar-refractivity contribution is 5.84. The van der Waals surface area contributed by atoms with E-state index in [1.807, 2.05) is 0 Å². The highest BCUT2D eigenvalue weighted by Crippen LogP contribution is 2.29. The Balaban J connectivity index is 1.92. The Hall–Kier alpha value is -1.10. The van der Waals surface area contributed by atoms with Crippen molar-refractivity contribution < 1.29 is 19.8 Å². The average Bonchev–Trinajstić information content (AvgIpc) is 2.81. The van der Waals surface area contributed by atoms with Gasteiger partial charge in [-0.05, 0) is 31.6 Å². The lowest BCUT2D eigenvalue weighted by molar-refractivity contribution is -0.149. The molecule has 0 radical (unpaired) electrons. The molecular weight excluding hydrogens is 234 g/mol. The maximum absolute atomic E-state index is 12.1. The minimum atomic E-state index is -0.912. The summed E-state index contributed by atoms with van der Waals surface area (Å²) in [6.07, 6.45) is 4.92. The molecule has 1 saturated heterocycles. The average molecular weight is 255 g/mol. The lowest BCUT2D eigenvalue weighted by atomic mass is 9.84. The summed E-state index contributed by atoms with van der Waals surface area (Å²) in [4.78, 5) is 24.6. The zero-order valence-electron chi connectivity index (χ0n) is 10.5. The van der Waals surface area contributed by atoms with E-state index in [2.05, 4.69) is 0 Å². The molecule has 0 aromatic carbocycles. The van der Waals surface area contributed by atoms with Crippen LogP contribution in [0.5, 0.6) is 0 Å². The van der Waals surface area contributed by atoms with Gasteiger partial charge in [0, 0.05) is 13.0 Å². The van der Waals surface area contributed by atoms with Gasteiger partial charge in [0.25, 0.3) is 0 Å². The van der Waals surface area contributed by atoms with Crippen molar-refractivity contribution in [3.63, 3.8) is 0 Å². The summed E-state index contributed by atoms with van der Waals surface area (Å²) in [6, 6.07) is -0.654. The molecule has 18 heavy (non-hydrogen) atoms. The van der Waals surface area contributed by atoms with Gasteiger partial charge in [-0.15, -0.1) is 0 Å². The largest absolute Gasteiger partial charge is 0.480 e. The normalized spacial score (nSPS) is 32.5. The van der Waals surface area contributed by atoms with E-state index in [4.69, 9.17) is 5.11 Å². The lowest BCUT2D eigenvalue weighted by Gasteiger charge is -2.29. The maximum atomic E-state index is 12.1. The zero-order valence-corrected chi connectivity index (χ0v) is 10.5. The number of carbonyl (C=O) groups excluding carboxylic acids is 1. The molecule has 2 aliphatic rings. The number of aliphatic hydroxyl groups excluding tert-OH is 1. The molecule has 0 aromatic heterocycles. The third-order valence-electron chi connectivity index (χ3n) is 4.16. The molecule has 5 heteroatoms. The zero-order chi connectivity index (χ0) is 13.1. The van der Waals surface area contributed by atoms with Gasteiger partial charge in [0.05, 0.1) is 6.10 Å². The van der Waals surface area contributed by atoms with E-state index in [1.54, 1.807) is 0 Å². The number of hydrogen-bond acceptors (Lipinski definition) is 3. The van der Waals surface area contributed by atoms with E-state index in [9.17, 15) is 14.7 Å². The first-order valence-electron chi connectivity index (χ1n) is 6.80. The van der Waals surface area contributed by atoms with E-state index in [0.29, 0.717) is 19.4 Å². The summed E-state index contributed by atoms with van der Waals surface area (Å²) in [5.74, 6) is -1.00. The van der Waals surface area contributed by atoms with Crippen LogP contribution in [0, 0.1) is 5.92 Å². The van der Waals surface area contributed by atoms with Gasteiger partial charge in [-0.1, -0.05) is 12.8 Å². The standard InChI is InChI=1S/C13H21NO4/c15-11-6-2-1-4-9(11)8-12(16)14-7-3-5-10(14)13(17)18/h9-11,15H,1-8H2,(H,17,18)/t9-,10-,11+/m0/s1. The quantitative estimate of drug-likeness (QED) is 0.788. The van der Waals surface area contributed by atoms with Gasteiger partial charge in [-0.2, -0.15) is 0 Å². The van der Waals surface area contributed by atoms with Crippen molar-refractivity contribution in [2.24, 2.45) is 5.92 Å². The molecule has 2 fully saturated rings. The number of carbonyl (C=O) groups is 2. The molecule has 2 rings (SSSR count). The Morgan fingerprint density at radius 1 is 1.11 bits per heavy atom. The van der Waals surface area contributed by atoms with E-state index in [0.717, 1.165) is 32.1 Å². The second-order valence-corrected chi connectivity index (χ2v) is 5.40. The number of amides is 1. The van der Waals surface area contributed by atoms with Crippen molar-refractivity contribution in [2.75, 3.05) is 6.54 Å². The molecule has 3 atom stereocenters. The molecule has 1 amide bonds. The van der Waals surface area contributed by atoms with Gasteiger partial charge in [-0.3, -0.25) is 4.79 Å². The van der Waals surface area contributed by atoms with Crippen LogP contribution >= 0.6 is 0 Å². The second kappa shape index (κ2) is 5.69. The first-order valence-corrected chi connectivity index (χ1v) is 6.80.